The number of H-pyrrole nitrogens is 1. The van der Waals surface area contributed by atoms with Crippen molar-refractivity contribution in [2.24, 2.45) is 0 Å². The first-order chi connectivity index (χ1) is 13.0. The lowest BCUT2D eigenvalue weighted by atomic mass is 10.1. The van der Waals surface area contributed by atoms with Crippen LogP contribution >= 0.6 is 11.6 Å². The van der Waals surface area contributed by atoms with Crippen molar-refractivity contribution in [3.05, 3.63) is 61.5 Å². The van der Waals surface area contributed by atoms with Crippen LogP contribution in [0.4, 0.5) is 4.39 Å². The van der Waals surface area contributed by atoms with Crippen molar-refractivity contribution in [3.63, 3.8) is 0 Å². The number of aromatic amines is 1. The molecule has 1 aromatic carbocycles. The van der Waals surface area contributed by atoms with Crippen molar-refractivity contribution in [2.75, 3.05) is 13.7 Å². The normalized spacial score (nSPS) is 11.4. The van der Waals surface area contributed by atoms with Crippen molar-refractivity contribution >= 4 is 22.5 Å². The van der Waals surface area contributed by atoms with Crippen LogP contribution in [0.25, 0.3) is 16.6 Å². The molecule has 0 radical (unpaired) electrons. The van der Waals surface area contributed by atoms with Gasteiger partial charge in [-0.3, -0.25) is 14.7 Å². The number of ether oxygens (including phenoxy) is 1. The molecule has 0 aliphatic rings. The van der Waals surface area contributed by atoms with Crippen LogP contribution < -0.4 is 11.1 Å². The number of hydrogen-bond acceptors (Lipinski definition) is 3. The van der Waals surface area contributed by atoms with Crippen LogP contribution in [-0.2, 0) is 17.7 Å². The second-order valence-corrected chi connectivity index (χ2v) is 6.72. The predicted molar refractivity (Wildman–Crippen MR) is 104 cm³/mol. The number of hydrogen-bond donors (Lipinski definition) is 1. The van der Waals surface area contributed by atoms with Gasteiger partial charge in [0, 0.05) is 25.4 Å². The fourth-order valence-corrected chi connectivity index (χ4v) is 3.42. The Kier molecular flexibility index (Phi) is 5.82. The molecule has 0 spiro atoms. The minimum atomic E-state index is -0.490. The lowest BCUT2D eigenvalue weighted by molar-refractivity contribution is 0.185. The van der Waals surface area contributed by atoms with Crippen LogP contribution in [0.2, 0.25) is 5.02 Å². The third-order valence-corrected chi connectivity index (χ3v) is 4.81. The number of pyridine rings is 1. The Morgan fingerprint density at radius 3 is 2.70 bits per heavy atom. The largest absolute Gasteiger partial charge is 0.383 e. The highest BCUT2D eigenvalue weighted by atomic mass is 35.5. The molecule has 0 saturated carbocycles. The Bertz CT molecular complexity index is 1080. The maximum Gasteiger partial charge on any atom is 0.280 e. The molecule has 144 valence electrons. The van der Waals surface area contributed by atoms with Crippen LogP contribution in [-0.4, -0.2) is 28.1 Å². The van der Waals surface area contributed by atoms with Crippen molar-refractivity contribution < 1.29 is 9.13 Å². The van der Waals surface area contributed by atoms with Gasteiger partial charge in [-0.05, 0) is 31.0 Å². The van der Waals surface area contributed by atoms with Gasteiger partial charge in [-0.25, -0.2) is 9.07 Å². The first kappa shape index (κ1) is 19.4. The first-order valence-corrected chi connectivity index (χ1v) is 9.17. The van der Waals surface area contributed by atoms with Gasteiger partial charge >= 0.3 is 0 Å². The average Bonchev–Trinajstić information content (AvgIpc) is 2.94. The summed E-state index contributed by atoms with van der Waals surface area (Å²) >= 11 is 6.11. The van der Waals surface area contributed by atoms with Gasteiger partial charge in [-0.15, -0.1) is 0 Å². The molecule has 0 amide bonds. The highest BCUT2D eigenvalue weighted by Crippen LogP contribution is 2.22. The zero-order valence-corrected chi connectivity index (χ0v) is 16.0. The van der Waals surface area contributed by atoms with E-state index in [0.29, 0.717) is 41.9 Å². The van der Waals surface area contributed by atoms with E-state index in [0.717, 1.165) is 18.9 Å². The van der Waals surface area contributed by atoms with E-state index >= 15 is 0 Å². The summed E-state index contributed by atoms with van der Waals surface area (Å²) in [7, 11) is 1.56. The third kappa shape index (κ3) is 3.70. The summed E-state index contributed by atoms with van der Waals surface area (Å²) in [6.07, 6.45) is 2.36. The summed E-state index contributed by atoms with van der Waals surface area (Å²) in [4.78, 5) is 25.7. The number of fused-ring (bicyclic) bond motifs is 1. The molecule has 3 rings (SSSR count). The SMILES string of the molecule is CCCCc1c2c(=O)n(-c3ccc(F)cc3Cl)[nH]c2cc(=O)n1CCOC. The van der Waals surface area contributed by atoms with Gasteiger partial charge in [0.15, 0.2) is 0 Å². The molecule has 8 heteroatoms. The van der Waals surface area contributed by atoms with E-state index < -0.39 is 5.82 Å². The molecule has 1 N–H and O–H groups in total. The molecule has 2 heterocycles. The van der Waals surface area contributed by atoms with Gasteiger partial charge in [-0.2, -0.15) is 0 Å². The number of aromatic nitrogens is 3. The lowest BCUT2D eigenvalue weighted by Gasteiger charge is -2.12. The number of nitrogens with one attached hydrogen (secondary N) is 1. The number of benzene rings is 1. The molecule has 0 fully saturated rings. The summed E-state index contributed by atoms with van der Waals surface area (Å²) < 4.78 is 21.3. The number of nitrogens with zero attached hydrogens (tertiary/aromatic N) is 2. The minimum absolute atomic E-state index is 0.105. The van der Waals surface area contributed by atoms with E-state index in [9.17, 15) is 14.0 Å². The van der Waals surface area contributed by atoms with Crippen molar-refractivity contribution in [3.8, 4) is 5.69 Å². The molecule has 0 aliphatic heterocycles. The van der Waals surface area contributed by atoms with Crippen LogP contribution in [0.1, 0.15) is 25.5 Å². The minimum Gasteiger partial charge on any atom is -0.383 e. The molecule has 0 saturated heterocycles. The monoisotopic (exact) mass is 393 g/mol. The highest BCUT2D eigenvalue weighted by molar-refractivity contribution is 6.32. The first-order valence-electron chi connectivity index (χ1n) is 8.79. The fraction of sp³-hybridized carbons (Fsp3) is 0.368. The molecular formula is C19H21ClFN3O3. The van der Waals surface area contributed by atoms with Gasteiger partial charge in [0.1, 0.15) is 5.82 Å². The van der Waals surface area contributed by atoms with Crippen molar-refractivity contribution in [1.82, 2.24) is 14.3 Å². The van der Waals surface area contributed by atoms with Gasteiger partial charge in [0.25, 0.3) is 11.1 Å². The Hall–Kier alpha value is -2.38. The lowest BCUT2D eigenvalue weighted by Crippen LogP contribution is -2.26. The second kappa shape index (κ2) is 8.10. The van der Waals surface area contributed by atoms with E-state index in [1.807, 2.05) is 6.92 Å². The number of halogens is 2. The smallest absolute Gasteiger partial charge is 0.280 e. The summed E-state index contributed by atoms with van der Waals surface area (Å²) in [6, 6.07) is 5.20. The Labute approximate surface area is 160 Å². The molecular weight excluding hydrogens is 373 g/mol. The van der Waals surface area contributed by atoms with E-state index in [4.69, 9.17) is 16.3 Å². The third-order valence-electron chi connectivity index (χ3n) is 4.50. The number of rotatable bonds is 7. The maximum absolute atomic E-state index is 13.4. The predicted octanol–water partition coefficient (Wildman–Crippen LogP) is 3.26. The summed E-state index contributed by atoms with van der Waals surface area (Å²) in [5.74, 6) is -0.490. The zero-order chi connectivity index (χ0) is 19.6. The molecule has 2 aromatic heterocycles. The van der Waals surface area contributed by atoms with Crippen molar-refractivity contribution in [2.45, 2.75) is 32.7 Å². The molecule has 0 aliphatic carbocycles. The quantitative estimate of drug-likeness (QED) is 0.669. The molecule has 0 bridgehead atoms. The number of methoxy groups -OCH3 is 1. The van der Waals surface area contributed by atoms with Crippen LogP contribution in [0.15, 0.2) is 33.9 Å². The Morgan fingerprint density at radius 1 is 1.26 bits per heavy atom. The van der Waals surface area contributed by atoms with Gasteiger partial charge in [-0.1, -0.05) is 24.9 Å². The summed E-state index contributed by atoms with van der Waals surface area (Å²) in [5.41, 5.74) is 0.913. The number of aryl methyl sites for hydroxylation is 1. The van der Waals surface area contributed by atoms with E-state index in [1.54, 1.807) is 11.7 Å². The molecule has 0 unspecified atom stereocenters. The van der Waals surface area contributed by atoms with Gasteiger partial charge < -0.3 is 9.30 Å². The molecule has 6 nitrogen and oxygen atoms in total. The zero-order valence-electron chi connectivity index (χ0n) is 15.2. The topological polar surface area (TPSA) is 69.0 Å². The Balaban J connectivity index is 2.27. The fourth-order valence-electron chi connectivity index (χ4n) is 3.17. The second-order valence-electron chi connectivity index (χ2n) is 6.31. The summed E-state index contributed by atoms with van der Waals surface area (Å²) in [6.45, 7) is 2.78. The van der Waals surface area contributed by atoms with Crippen LogP contribution in [0.3, 0.4) is 0 Å². The van der Waals surface area contributed by atoms with E-state index in [-0.39, 0.29) is 16.1 Å². The molecule has 27 heavy (non-hydrogen) atoms. The summed E-state index contributed by atoms with van der Waals surface area (Å²) in [5, 5.41) is 3.48. The van der Waals surface area contributed by atoms with Gasteiger partial charge in [0.2, 0.25) is 0 Å². The van der Waals surface area contributed by atoms with E-state index in [2.05, 4.69) is 5.10 Å². The van der Waals surface area contributed by atoms with Crippen molar-refractivity contribution in [1.29, 1.82) is 0 Å². The molecule has 3 aromatic rings. The van der Waals surface area contributed by atoms with Gasteiger partial charge in [0.05, 0.1) is 28.2 Å². The van der Waals surface area contributed by atoms with Crippen LogP contribution in [0.5, 0.6) is 0 Å². The number of unbranched alkanes of at least 4 members (excludes halogenated alkanes) is 1. The Morgan fingerprint density at radius 2 is 2.04 bits per heavy atom. The highest BCUT2D eigenvalue weighted by Gasteiger charge is 2.18. The standard InChI is InChI=1S/C19H21ClFN3O3/c1-3-4-5-16-18-14(11-17(25)23(16)8-9-27-2)22-24(19(18)26)15-7-6-12(21)10-13(15)20/h6-7,10-11,22H,3-5,8-9H2,1-2H3. The average molecular weight is 394 g/mol. The molecule has 0 atom stereocenters. The van der Waals surface area contributed by atoms with E-state index in [1.165, 1.54) is 22.9 Å². The maximum atomic E-state index is 13.4. The van der Waals surface area contributed by atoms with Crippen LogP contribution in [0, 0.1) is 5.82 Å².